The molecular weight excluding hydrogens is 232 g/mol. The molecule has 0 radical (unpaired) electrons. The first-order valence-corrected chi connectivity index (χ1v) is 7.25. The van der Waals surface area contributed by atoms with Gasteiger partial charge in [0.1, 0.15) is 0 Å². The summed E-state index contributed by atoms with van der Waals surface area (Å²) < 4.78 is 11.3. The lowest BCUT2D eigenvalue weighted by atomic mass is 9.77. The van der Waals surface area contributed by atoms with E-state index in [1.165, 1.54) is 0 Å². The summed E-state index contributed by atoms with van der Waals surface area (Å²) >= 11 is 0. The molecule has 1 spiro atoms. The van der Waals surface area contributed by atoms with Crippen LogP contribution in [0.25, 0.3) is 0 Å². The van der Waals surface area contributed by atoms with Crippen LogP contribution in [0.5, 0.6) is 0 Å². The topological polar surface area (TPSA) is 58.9 Å². The molecule has 3 unspecified atom stereocenters. The molecule has 0 aliphatic carbocycles. The summed E-state index contributed by atoms with van der Waals surface area (Å²) in [5.74, 6) is 0.165. The number of hydrogen-bond acceptors (Lipinski definition) is 4. The number of ether oxygens (including phenoxy) is 2. The molecule has 2 aliphatic heterocycles. The van der Waals surface area contributed by atoms with Gasteiger partial charge in [0.15, 0.2) is 0 Å². The van der Waals surface area contributed by atoms with Gasteiger partial charge in [-0.05, 0) is 38.0 Å². The van der Waals surface area contributed by atoms with Crippen LogP contribution in [-0.2, 0) is 9.47 Å². The smallest absolute Gasteiger partial charge is 0.0829 e. The van der Waals surface area contributed by atoms with Gasteiger partial charge in [0.25, 0.3) is 0 Å². The largest absolute Gasteiger partial charge is 0.390 e. The van der Waals surface area contributed by atoms with Crippen molar-refractivity contribution in [1.29, 1.82) is 0 Å². The maximum Gasteiger partial charge on any atom is 0.0829 e. The van der Waals surface area contributed by atoms with Crippen LogP contribution in [0.4, 0.5) is 0 Å². The van der Waals surface area contributed by atoms with E-state index in [0.717, 1.165) is 45.3 Å². The minimum atomic E-state index is -0.603. The minimum absolute atomic E-state index is 0.103. The van der Waals surface area contributed by atoms with Crippen LogP contribution in [0.1, 0.15) is 45.4 Å². The van der Waals surface area contributed by atoms with Crippen molar-refractivity contribution in [2.45, 2.75) is 63.3 Å². The van der Waals surface area contributed by atoms with E-state index in [9.17, 15) is 10.2 Å². The Morgan fingerprint density at radius 1 is 1.22 bits per heavy atom. The molecule has 0 bridgehead atoms. The molecule has 4 heteroatoms. The first kappa shape index (κ1) is 14.3. The van der Waals surface area contributed by atoms with Gasteiger partial charge in [-0.15, -0.1) is 0 Å². The first-order chi connectivity index (χ1) is 8.67. The Labute approximate surface area is 109 Å². The quantitative estimate of drug-likeness (QED) is 0.802. The number of aliphatic hydroxyl groups is 2. The van der Waals surface area contributed by atoms with Crippen LogP contribution in [0.3, 0.4) is 0 Å². The van der Waals surface area contributed by atoms with Gasteiger partial charge in [0, 0.05) is 19.8 Å². The summed E-state index contributed by atoms with van der Waals surface area (Å²) in [7, 11) is 0. The normalized spacial score (nSPS) is 31.2. The monoisotopic (exact) mass is 258 g/mol. The molecule has 0 saturated carbocycles. The number of hydrogen-bond donors (Lipinski definition) is 2. The Hall–Kier alpha value is -0.160. The van der Waals surface area contributed by atoms with Gasteiger partial charge in [-0.3, -0.25) is 0 Å². The summed E-state index contributed by atoms with van der Waals surface area (Å²) in [5.41, 5.74) is -0.103. The third-order valence-corrected chi connectivity index (χ3v) is 4.40. The SMILES string of the molecule is CCCC(O)C(O)C1CCOC2(CCOCC2)C1. The van der Waals surface area contributed by atoms with E-state index >= 15 is 0 Å². The number of rotatable bonds is 4. The zero-order valence-corrected chi connectivity index (χ0v) is 11.3. The van der Waals surface area contributed by atoms with E-state index in [2.05, 4.69) is 0 Å². The Morgan fingerprint density at radius 3 is 2.61 bits per heavy atom. The summed E-state index contributed by atoms with van der Waals surface area (Å²) in [5, 5.41) is 20.2. The Morgan fingerprint density at radius 2 is 1.94 bits per heavy atom. The molecule has 0 aromatic rings. The highest BCUT2D eigenvalue weighted by molar-refractivity contribution is 4.92. The van der Waals surface area contributed by atoms with Crippen molar-refractivity contribution in [2.24, 2.45) is 5.92 Å². The predicted molar refractivity (Wildman–Crippen MR) is 68.4 cm³/mol. The lowest BCUT2D eigenvalue weighted by molar-refractivity contribution is -0.166. The van der Waals surface area contributed by atoms with Gasteiger partial charge < -0.3 is 19.7 Å². The maximum atomic E-state index is 10.3. The van der Waals surface area contributed by atoms with Crippen molar-refractivity contribution in [2.75, 3.05) is 19.8 Å². The van der Waals surface area contributed by atoms with Crippen molar-refractivity contribution < 1.29 is 19.7 Å². The average molecular weight is 258 g/mol. The van der Waals surface area contributed by atoms with E-state index in [1.807, 2.05) is 6.92 Å². The molecule has 106 valence electrons. The fraction of sp³-hybridized carbons (Fsp3) is 1.00. The number of aliphatic hydroxyl groups excluding tert-OH is 2. The van der Waals surface area contributed by atoms with Gasteiger partial charge in [-0.1, -0.05) is 13.3 Å². The van der Waals surface area contributed by atoms with E-state index < -0.39 is 12.2 Å². The zero-order valence-electron chi connectivity index (χ0n) is 11.3. The molecule has 2 aliphatic rings. The van der Waals surface area contributed by atoms with Crippen LogP contribution >= 0.6 is 0 Å². The zero-order chi connectivity index (χ0) is 13.0. The van der Waals surface area contributed by atoms with E-state index in [1.54, 1.807) is 0 Å². The van der Waals surface area contributed by atoms with Crippen molar-refractivity contribution in [1.82, 2.24) is 0 Å². The van der Waals surface area contributed by atoms with E-state index in [0.29, 0.717) is 13.0 Å². The van der Waals surface area contributed by atoms with Crippen LogP contribution in [0, 0.1) is 5.92 Å². The second-order valence-corrected chi connectivity index (χ2v) is 5.74. The first-order valence-electron chi connectivity index (χ1n) is 7.25. The van der Waals surface area contributed by atoms with E-state index in [4.69, 9.17) is 9.47 Å². The molecule has 2 saturated heterocycles. The molecule has 2 fully saturated rings. The highest BCUT2D eigenvalue weighted by atomic mass is 16.5. The lowest BCUT2D eigenvalue weighted by Crippen LogP contribution is -2.48. The van der Waals surface area contributed by atoms with Crippen LogP contribution in [0.2, 0.25) is 0 Å². The highest BCUT2D eigenvalue weighted by Crippen LogP contribution is 2.38. The second-order valence-electron chi connectivity index (χ2n) is 5.74. The third kappa shape index (κ3) is 3.23. The molecule has 0 aromatic carbocycles. The highest BCUT2D eigenvalue weighted by Gasteiger charge is 2.42. The molecule has 4 nitrogen and oxygen atoms in total. The molecule has 2 heterocycles. The summed E-state index contributed by atoms with van der Waals surface area (Å²) in [6.07, 6.45) is 3.93. The summed E-state index contributed by atoms with van der Waals surface area (Å²) in [4.78, 5) is 0. The van der Waals surface area contributed by atoms with Crippen molar-refractivity contribution in [3.05, 3.63) is 0 Å². The molecule has 3 atom stereocenters. The molecule has 0 amide bonds. The second kappa shape index (κ2) is 6.33. The molecule has 18 heavy (non-hydrogen) atoms. The fourth-order valence-electron chi connectivity index (χ4n) is 3.23. The van der Waals surface area contributed by atoms with Crippen LogP contribution < -0.4 is 0 Å². The average Bonchev–Trinajstić information content (AvgIpc) is 2.39. The maximum absolute atomic E-state index is 10.3. The van der Waals surface area contributed by atoms with Crippen molar-refractivity contribution >= 4 is 0 Å². The third-order valence-electron chi connectivity index (χ3n) is 4.40. The van der Waals surface area contributed by atoms with Gasteiger partial charge in [0.2, 0.25) is 0 Å². The van der Waals surface area contributed by atoms with Crippen molar-refractivity contribution in [3.8, 4) is 0 Å². The van der Waals surface area contributed by atoms with Gasteiger partial charge in [-0.25, -0.2) is 0 Å². The van der Waals surface area contributed by atoms with Crippen LogP contribution in [-0.4, -0.2) is 47.8 Å². The standard InChI is InChI=1S/C14H26O4/c1-2-3-12(15)13(16)11-4-7-18-14(10-11)5-8-17-9-6-14/h11-13,15-16H,2-10H2,1H3. The molecular formula is C14H26O4. The van der Waals surface area contributed by atoms with Gasteiger partial charge in [0.05, 0.1) is 17.8 Å². The Kier molecular flexibility index (Phi) is 5.01. The fourth-order valence-corrected chi connectivity index (χ4v) is 3.23. The molecule has 0 aromatic heterocycles. The van der Waals surface area contributed by atoms with Gasteiger partial charge >= 0.3 is 0 Å². The Balaban J connectivity index is 1.93. The molecule has 2 rings (SSSR count). The predicted octanol–water partition coefficient (Wildman–Crippen LogP) is 1.48. The van der Waals surface area contributed by atoms with Crippen molar-refractivity contribution in [3.63, 3.8) is 0 Å². The van der Waals surface area contributed by atoms with Gasteiger partial charge in [-0.2, -0.15) is 0 Å². The summed E-state index contributed by atoms with van der Waals surface area (Å²) in [6.45, 7) is 4.22. The summed E-state index contributed by atoms with van der Waals surface area (Å²) in [6, 6.07) is 0. The Bertz CT molecular complexity index is 245. The van der Waals surface area contributed by atoms with E-state index in [-0.39, 0.29) is 11.5 Å². The lowest BCUT2D eigenvalue weighted by Gasteiger charge is -2.45. The van der Waals surface area contributed by atoms with Crippen LogP contribution in [0.15, 0.2) is 0 Å². The molecule has 2 N–H and O–H groups in total. The minimum Gasteiger partial charge on any atom is -0.390 e.